The lowest BCUT2D eigenvalue weighted by molar-refractivity contribution is 0.170. The summed E-state index contributed by atoms with van der Waals surface area (Å²) in [5.74, 6) is 0. The molecule has 1 aliphatic heterocycles. The first-order valence-corrected chi connectivity index (χ1v) is 7.49. The Hall–Kier alpha value is -0.450. The number of piperidine rings is 1. The van der Waals surface area contributed by atoms with Gasteiger partial charge in [0.2, 0.25) is 0 Å². The summed E-state index contributed by atoms with van der Waals surface area (Å²) in [5.41, 5.74) is 1.14. The average Bonchev–Trinajstić information content (AvgIpc) is 2.76. The zero-order chi connectivity index (χ0) is 12.1. The van der Waals surface area contributed by atoms with Crippen molar-refractivity contribution in [3.05, 3.63) is 16.1 Å². The van der Waals surface area contributed by atoms with Gasteiger partial charge in [0.1, 0.15) is 5.01 Å². The third-order valence-electron chi connectivity index (χ3n) is 3.40. The molecule has 1 saturated heterocycles. The highest BCUT2D eigenvalue weighted by Gasteiger charge is 2.15. The van der Waals surface area contributed by atoms with Crippen molar-refractivity contribution >= 4 is 11.3 Å². The fourth-order valence-corrected chi connectivity index (χ4v) is 3.10. The van der Waals surface area contributed by atoms with Crippen LogP contribution in [0.25, 0.3) is 0 Å². The van der Waals surface area contributed by atoms with Gasteiger partial charge < -0.3 is 5.32 Å². The molecule has 1 N–H and O–H groups in total. The Morgan fingerprint density at radius 3 is 2.82 bits per heavy atom. The van der Waals surface area contributed by atoms with Gasteiger partial charge in [-0.15, -0.1) is 11.3 Å². The summed E-state index contributed by atoms with van der Waals surface area (Å²) in [6.45, 7) is 8.91. The number of likely N-dealkylation sites (tertiary alicyclic amines) is 1. The molecule has 1 atom stereocenters. The molecule has 0 bridgehead atoms. The molecule has 4 heteroatoms. The number of nitrogens with zero attached hydrogens (tertiary/aromatic N) is 2. The normalized spacial score (nSPS) is 19.4. The van der Waals surface area contributed by atoms with E-state index < -0.39 is 0 Å². The molecule has 1 aromatic rings. The molecule has 2 rings (SSSR count). The first kappa shape index (κ1) is 13.0. The summed E-state index contributed by atoms with van der Waals surface area (Å²) < 4.78 is 0. The Balaban J connectivity index is 1.67. The third kappa shape index (κ3) is 4.05. The quantitative estimate of drug-likeness (QED) is 0.873. The van der Waals surface area contributed by atoms with Crippen LogP contribution in [0.2, 0.25) is 0 Å². The minimum absolute atomic E-state index is 0.649. The van der Waals surface area contributed by atoms with Crippen molar-refractivity contribution in [3.8, 4) is 0 Å². The number of thiazole rings is 1. The van der Waals surface area contributed by atoms with E-state index in [-0.39, 0.29) is 0 Å². The topological polar surface area (TPSA) is 28.2 Å². The van der Waals surface area contributed by atoms with Crippen LogP contribution in [0.5, 0.6) is 0 Å². The molecule has 0 spiro atoms. The Morgan fingerprint density at radius 2 is 2.18 bits per heavy atom. The van der Waals surface area contributed by atoms with Gasteiger partial charge in [0.05, 0.1) is 0 Å². The van der Waals surface area contributed by atoms with Gasteiger partial charge in [-0.25, -0.2) is 4.98 Å². The fourth-order valence-electron chi connectivity index (χ4n) is 2.36. The average molecular weight is 253 g/mol. The van der Waals surface area contributed by atoms with Crippen molar-refractivity contribution in [2.45, 2.75) is 45.7 Å². The molecule has 0 saturated carbocycles. The second-order valence-electron chi connectivity index (χ2n) is 4.96. The molecule has 1 unspecified atom stereocenters. The van der Waals surface area contributed by atoms with Gasteiger partial charge in [0.15, 0.2) is 0 Å². The number of aromatic nitrogens is 1. The van der Waals surface area contributed by atoms with E-state index in [0.717, 1.165) is 18.8 Å². The summed E-state index contributed by atoms with van der Waals surface area (Å²) >= 11 is 1.75. The number of hydrogen-bond donors (Lipinski definition) is 1. The Kier molecular flexibility index (Phi) is 4.95. The molecule has 0 amide bonds. The molecule has 1 fully saturated rings. The zero-order valence-electron chi connectivity index (χ0n) is 10.9. The minimum Gasteiger partial charge on any atom is -0.309 e. The van der Waals surface area contributed by atoms with Gasteiger partial charge in [-0.05, 0) is 39.8 Å². The first-order valence-electron chi connectivity index (χ1n) is 6.61. The van der Waals surface area contributed by atoms with Crippen LogP contribution < -0.4 is 5.32 Å². The van der Waals surface area contributed by atoms with E-state index in [9.17, 15) is 0 Å². The highest BCUT2D eigenvalue weighted by atomic mass is 32.1. The molecule has 0 radical (unpaired) electrons. The van der Waals surface area contributed by atoms with Crippen LogP contribution in [0.1, 0.15) is 36.9 Å². The van der Waals surface area contributed by atoms with Crippen LogP contribution >= 0.6 is 11.3 Å². The van der Waals surface area contributed by atoms with E-state index in [4.69, 9.17) is 0 Å². The SMILES string of the molecule is Cc1csc(CNCC(C)N2CCCCC2)n1. The third-order valence-corrected chi connectivity index (χ3v) is 4.36. The fraction of sp³-hybridized carbons (Fsp3) is 0.769. The predicted molar refractivity (Wildman–Crippen MR) is 73.4 cm³/mol. The van der Waals surface area contributed by atoms with Crippen molar-refractivity contribution in [1.82, 2.24) is 15.2 Å². The Bertz CT molecular complexity index is 331. The lowest BCUT2D eigenvalue weighted by atomic mass is 10.1. The van der Waals surface area contributed by atoms with Crippen molar-refractivity contribution in [3.63, 3.8) is 0 Å². The van der Waals surface area contributed by atoms with E-state index in [1.54, 1.807) is 11.3 Å². The number of nitrogens with one attached hydrogen (secondary N) is 1. The first-order chi connectivity index (χ1) is 8.25. The Morgan fingerprint density at radius 1 is 1.41 bits per heavy atom. The van der Waals surface area contributed by atoms with Crippen LogP contribution in [-0.4, -0.2) is 35.6 Å². The summed E-state index contributed by atoms with van der Waals surface area (Å²) in [4.78, 5) is 7.06. The zero-order valence-corrected chi connectivity index (χ0v) is 11.7. The monoisotopic (exact) mass is 253 g/mol. The second kappa shape index (κ2) is 6.47. The molecule has 0 aliphatic carbocycles. The number of aryl methyl sites for hydroxylation is 1. The van der Waals surface area contributed by atoms with Crippen LogP contribution in [0.3, 0.4) is 0 Å². The maximum Gasteiger partial charge on any atom is 0.107 e. The molecule has 2 heterocycles. The van der Waals surface area contributed by atoms with Crippen LogP contribution in [0, 0.1) is 6.92 Å². The van der Waals surface area contributed by atoms with Crippen LogP contribution in [0.4, 0.5) is 0 Å². The molecule has 96 valence electrons. The van der Waals surface area contributed by atoms with Crippen molar-refractivity contribution in [2.24, 2.45) is 0 Å². The highest BCUT2D eigenvalue weighted by Crippen LogP contribution is 2.12. The van der Waals surface area contributed by atoms with Crippen LogP contribution in [0.15, 0.2) is 5.38 Å². The van der Waals surface area contributed by atoms with E-state index in [1.807, 2.05) is 0 Å². The van der Waals surface area contributed by atoms with Gasteiger partial charge in [-0.3, -0.25) is 4.90 Å². The number of hydrogen-bond acceptors (Lipinski definition) is 4. The minimum atomic E-state index is 0.649. The summed E-state index contributed by atoms with van der Waals surface area (Å²) in [7, 11) is 0. The molecule has 17 heavy (non-hydrogen) atoms. The van der Waals surface area contributed by atoms with Crippen molar-refractivity contribution < 1.29 is 0 Å². The van der Waals surface area contributed by atoms with Crippen molar-refractivity contribution in [1.29, 1.82) is 0 Å². The summed E-state index contributed by atoms with van der Waals surface area (Å²) in [6, 6.07) is 0.649. The standard InChI is InChI=1S/C13H23N3S/c1-11-10-17-13(15-11)9-14-8-12(2)16-6-4-3-5-7-16/h10,12,14H,3-9H2,1-2H3. The lowest BCUT2D eigenvalue weighted by Crippen LogP contribution is -2.42. The highest BCUT2D eigenvalue weighted by molar-refractivity contribution is 7.09. The van der Waals surface area contributed by atoms with E-state index in [0.29, 0.717) is 6.04 Å². The van der Waals surface area contributed by atoms with Gasteiger partial charge in [0, 0.05) is 30.2 Å². The smallest absolute Gasteiger partial charge is 0.107 e. The summed E-state index contributed by atoms with van der Waals surface area (Å²) in [6.07, 6.45) is 4.15. The van der Waals surface area contributed by atoms with Crippen molar-refractivity contribution in [2.75, 3.05) is 19.6 Å². The van der Waals surface area contributed by atoms with Gasteiger partial charge in [-0.1, -0.05) is 6.42 Å². The second-order valence-corrected chi connectivity index (χ2v) is 5.90. The molecule has 3 nitrogen and oxygen atoms in total. The van der Waals surface area contributed by atoms with E-state index in [2.05, 4.69) is 34.4 Å². The predicted octanol–water partition coefficient (Wildman–Crippen LogP) is 2.42. The van der Waals surface area contributed by atoms with Gasteiger partial charge in [-0.2, -0.15) is 0 Å². The molecule has 0 aromatic carbocycles. The maximum atomic E-state index is 4.46. The lowest BCUT2D eigenvalue weighted by Gasteiger charge is -2.32. The largest absolute Gasteiger partial charge is 0.309 e. The molecular weight excluding hydrogens is 230 g/mol. The van der Waals surface area contributed by atoms with E-state index in [1.165, 1.54) is 37.4 Å². The van der Waals surface area contributed by atoms with Gasteiger partial charge >= 0.3 is 0 Å². The van der Waals surface area contributed by atoms with E-state index >= 15 is 0 Å². The van der Waals surface area contributed by atoms with Crippen LogP contribution in [-0.2, 0) is 6.54 Å². The molecular formula is C13H23N3S. The maximum absolute atomic E-state index is 4.46. The molecule has 1 aromatic heterocycles. The summed E-state index contributed by atoms with van der Waals surface area (Å²) in [5, 5.41) is 6.84. The Labute approximate surface area is 108 Å². The number of rotatable bonds is 5. The van der Waals surface area contributed by atoms with Gasteiger partial charge in [0.25, 0.3) is 0 Å². The molecule has 1 aliphatic rings.